The predicted octanol–water partition coefficient (Wildman–Crippen LogP) is 4.03. The minimum Gasteiger partial charge on any atom is -0.444 e. The third-order valence-electron chi connectivity index (χ3n) is 7.42. The summed E-state index contributed by atoms with van der Waals surface area (Å²) in [5, 5.41) is 2.45. The topological polar surface area (TPSA) is 79.0 Å². The Balaban J connectivity index is 1.20. The molecular weight excluding hydrogens is 430 g/mol. The molecule has 1 atom stereocenters. The second kappa shape index (κ2) is 10.5. The highest BCUT2D eigenvalue weighted by atomic mass is 16.6. The molecule has 3 aliphatic heterocycles. The van der Waals surface area contributed by atoms with Crippen LogP contribution in [0.3, 0.4) is 0 Å². The van der Waals surface area contributed by atoms with E-state index in [0.29, 0.717) is 24.7 Å². The van der Waals surface area contributed by atoms with Crippen LogP contribution in [-0.4, -0.2) is 66.0 Å². The Bertz CT molecular complexity index is 876. The Morgan fingerprint density at radius 2 is 1.56 bits per heavy atom. The van der Waals surface area contributed by atoms with Crippen molar-refractivity contribution in [3.63, 3.8) is 0 Å². The van der Waals surface area contributed by atoms with E-state index < -0.39 is 5.60 Å². The second-order valence-corrected chi connectivity index (χ2v) is 11.2. The number of nitrogens with one attached hydrogen (secondary N) is 1. The molecule has 1 N–H and O–H groups in total. The minimum atomic E-state index is -0.441. The Kier molecular flexibility index (Phi) is 7.60. The van der Waals surface area contributed by atoms with E-state index in [2.05, 4.69) is 34.5 Å². The standard InChI is InChI=1S/C27H39N3O4/c1-27(2,3)34-26(33)30-16-10-19(11-17-30)18-29-14-12-21(13-15-29)20-4-6-22(7-5-20)23-8-9-24(31)28-25(23)32/h4-7,19,21,23H,8-18H2,1-3H3,(H,28,31,32)/t23-/m1/s1. The van der Waals surface area contributed by atoms with Crippen molar-refractivity contribution in [1.82, 2.24) is 15.1 Å². The first kappa shape index (κ1) is 24.7. The van der Waals surface area contributed by atoms with Crippen molar-refractivity contribution in [2.24, 2.45) is 5.92 Å². The second-order valence-electron chi connectivity index (χ2n) is 11.2. The fraction of sp³-hybridized carbons (Fsp3) is 0.667. The van der Waals surface area contributed by atoms with Gasteiger partial charge >= 0.3 is 6.09 Å². The number of rotatable bonds is 4. The van der Waals surface area contributed by atoms with Crippen LogP contribution in [0.5, 0.6) is 0 Å². The number of ether oxygens (including phenoxy) is 1. The number of hydrogen-bond acceptors (Lipinski definition) is 5. The van der Waals surface area contributed by atoms with Gasteiger partial charge in [-0.05, 0) is 88.9 Å². The lowest BCUT2D eigenvalue weighted by atomic mass is 9.85. The summed E-state index contributed by atoms with van der Waals surface area (Å²) in [4.78, 5) is 40.2. The van der Waals surface area contributed by atoms with Gasteiger partial charge in [0, 0.05) is 26.1 Å². The van der Waals surface area contributed by atoms with Gasteiger partial charge in [0.25, 0.3) is 0 Å². The van der Waals surface area contributed by atoms with Gasteiger partial charge in [0.2, 0.25) is 11.8 Å². The molecular formula is C27H39N3O4. The van der Waals surface area contributed by atoms with Gasteiger partial charge in [0.1, 0.15) is 5.60 Å². The molecule has 3 amide bonds. The van der Waals surface area contributed by atoms with E-state index in [4.69, 9.17) is 4.74 Å². The number of piperidine rings is 3. The summed E-state index contributed by atoms with van der Waals surface area (Å²) in [6.07, 6.45) is 5.20. The van der Waals surface area contributed by atoms with Crippen LogP contribution in [0.25, 0.3) is 0 Å². The molecule has 0 unspecified atom stereocenters. The molecule has 3 fully saturated rings. The quantitative estimate of drug-likeness (QED) is 0.674. The molecule has 0 bridgehead atoms. The Hall–Kier alpha value is -2.41. The molecule has 3 heterocycles. The van der Waals surface area contributed by atoms with Gasteiger partial charge in [0.05, 0.1) is 5.92 Å². The van der Waals surface area contributed by atoms with E-state index in [1.807, 2.05) is 25.7 Å². The molecule has 7 nitrogen and oxygen atoms in total. The first-order valence-corrected chi connectivity index (χ1v) is 12.8. The van der Waals surface area contributed by atoms with Crippen LogP contribution in [0, 0.1) is 5.92 Å². The minimum absolute atomic E-state index is 0.168. The van der Waals surface area contributed by atoms with Crippen molar-refractivity contribution < 1.29 is 19.1 Å². The van der Waals surface area contributed by atoms with Gasteiger partial charge < -0.3 is 14.5 Å². The van der Waals surface area contributed by atoms with E-state index in [1.54, 1.807) is 0 Å². The molecule has 1 aromatic carbocycles. The molecule has 3 aliphatic rings. The number of likely N-dealkylation sites (tertiary alicyclic amines) is 2. The third kappa shape index (κ3) is 6.38. The number of nitrogens with zero attached hydrogens (tertiary/aromatic N) is 2. The zero-order valence-electron chi connectivity index (χ0n) is 20.8. The summed E-state index contributed by atoms with van der Waals surface area (Å²) in [6, 6.07) is 8.48. The molecule has 0 aliphatic carbocycles. The van der Waals surface area contributed by atoms with E-state index in [0.717, 1.165) is 64.0 Å². The van der Waals surface area contributed by atoms with Crippen LogP contribution >= 0.6 is 0 Å². The average Bonchev–Trinajstić information content (AvgIpc) is 2.79. The maximum Gasteiger partial charge on any atom is 0.410 e. The number of imide groups is 1. The van der Waals surface area contributed by atoms with E-state index in [-0.39, 0.29) is 23.8 Å². The normalized spacial score (nSPS) is 23.6. The molecule has 1 aromatic rings. The van der Waals surface area contributed by atoms with Crippen molar-refractivity contribution in [1.29, 1.82) is 0 Å². The summed E-state index contributed by atoms with van der Waals surface area (Å²) in [5.41, 5.74) is 1.91. The molecule has 34 heavy (non-hydrogen) atoms. The first-order chi connectivity index (χ1) is 16.2. The molecule has 7 heteroatoms. The molecule has 0 saturated carbocycles. The van der Waals surface area contributed by atoms with Gasteiger partial charge in [-0.1, -0.05) is 24.3 Å². The lowest BCUT2D eigenvalue weighted by Gasteiger charge is -2.38. The first-order valence-electron chi connectivity index (χ1n) is 12.8. The third-order valence-corrected chi connectivity index (χ3v) is 7.42. The van der Waals surface area contributed by atoms with Gasteiger partial charge in [-0.3, -0.25) is 14.9 Å². The van der Waals surface area contributed by atoms with E-state index in [9.17, 15) is 14.4 Å². The maximum absolute atomic E-state index is 12.3. The average molecular weight is 470 g/mol. The van der Waals surface area contributed by atoms with Crippen LogP contribution in [0.4, 0.5) is 4.79 Å². The van der Waals surface area contributed by atoms with Crippen molar-refractivity contribution in [2.45, 2.75) is 76.7 Å². The van der Waals surface area contributed by atoms with Crippen molar-refractivity contribution >= 4 is 17.9 Å². The van der Waals surface area contributed by atoms with Crippen LogP contribution in [0.15, 0.2) is 24.3 Å². The van der Waals surface area contributed by atoms with Gasteiger partial charge in [0.15, 0.2) is 0 Å². The van der Waals surface area contributed by atoms with E-state index in [1.165, 1.54) is 5.56 Å². The van der Waals surface area contributed by atoms with Crippen LogP contribution < -0.4 is 5.32 Å². The van der Waals surface area contributed by atoms with Crippen LogP contribution in [0.1, 0.15) is 82.3 Å². The van der Waals surface area contributed by atoms with Crippen LogP contribution in [0.2, 0.25) is 0 Å². The molecule has 0 radical (unpaired) electrons. The largest absolute Gasteiger partial charge is 0.444 e. The van der Waals surface area contributed by atoms with Gasteiger partial charge in [-0.25, -0.2) is 4.79 Å². The monoisotopic (exact) mass is 469 g/mol. The fourth-order valence-corrected chi connectivity index (χ4v) is 5.45. The molecule has 3 saturated heterocycles. The number of benzene rings is 1. The summed E-state index contributed by atoms with van der Waals surface area (Å²) in [5.74, 6) is 0.645. The smallest absolute Gasteiger partial charge is 0.410 e. The van der Waals surface area contributed by atoms with Gasteiger partial charge in [-0.2, -0.15) is 0 Å². The number of amides is 3. The van der Waals surface area contributed by atoms with E-state index >= 15 is 0 Å². The highest BCUT2D eigenvalue weighted by Gasteiger charge is 2.30. The van der Waals surface area contributed by atoms with Crippen molar-refractivity contribution in [3.8, 4) is 0 Å². The van der Waals surface area contributed by atoms with Crippen molar-refractivity contribution in [3.05, 3.63) is 35.4 Å². The zero-order valence-corrected chi connectivity index (χ0v) is 20.8. The summed E-state index contributed by atoms with van der Waals surface area (Å²) in [6.45, 7) is 10.6. The Labute approximate surface area is 203 Å². The Morgan fingerprint density at radius 3 is 2.15 bits per heavy atom. The van der Waals surface area contributed by atoms with Crippen LogP contribution in [-0.2, 0) is 14.3 Å². The molecule has 186 valence electrons. The lowest BCUT2D eigenvalue weighted by Crippen LogP contribution is -2.44. The molecule has 4 rings (SSSR count). The lowest BCUT2D eigenvalue weighted by molar-refractivity contribution is -0.134. The SMILES string of the molecule is CC(C)(C)OC(=O)N1CCC(CN2CCC(c3ccc([C@H]4CCC(=O)NC4=O)cc3)CC2)CC1. The molecule has 0 aromatic heterocycles. The maximum atomic E-state index is 12.3. The fourth-order valence-electron chi connectivity index (χ4n) is 5.45. The van der Waals surface area contributed by atoms with Crippen molar-refractivity contribution in [2.75, 3.05) is 32.7 Å². The molecule has 0 spiro atoms. The number of hydrogen-bond donors (Lipinski definition) is 1. The number of carbonyl (C=O) groups excluding carboxylic acids is 3. The Morgan fingerprint density at radius 1 is 0.941 bits per heavy atom. The number of carbonyl (C=O) groups is 3. The summed E-state index contributed by atoms with van der Waals surface area (Å²) in [7, 11) is 0. The predicted molar refractivity (Wildman–Crippen MR) is 131 cm³/mol. The zero-order chi connectivity index (χ0) is 24.3. The van der Waals surface area contributed by atoms with Gasteiger partial charge in [-0.15, -0.1) is 0 Å². The highest BCUT2D eigenvalue weighted by Crippen LogP contribution is 2.32. The summed E-state index contributed by atoms with van der Waals surface area (Å²) >= 11 is 0. The highest BCUT2D eigenvalue weighted by molar-refractivity contribution is 6.00. The summed E-state index contributed by atoms with van der Waals surface area (Å²) < 4.78 is 5.51.